The lowest BCUT2D eigenvalue weighted by Crippen LogP contribution is -2.40. The minimum Gasteiger partial charge on any atom is -0.496 e. The van der Waals surface area contributed by atoms with Gasteiger partial charge >= 0.3 is 12.1 Å². The second-order valence-corrected chi connectivity index (χ2v) is 10.4. The maximum atomic E-state index is 13.3. The van der Waals surface area contributed by atoms with Crippen LogP contribution in [0.5, 0.6) is 5.75 Å². The normalized spacial score (nSPS) is 19.8. The number of ether oxygens (including phenoxy) is 3. The summed E-state index contributed by atoms with van der Waals surface area (Å²) in [6, 6.07) is 12.4. The summed E-state index contributed by atoms with van der Waals surface area (Å²) in [6.07, 6.45) is 3.90. The van der Waals surface area contributed by atoms with Crippen molar-refractivity contribution in [3.05, 3.63) is 53.6 Å². The van der Waals surface area contributed by atoms with E-state index in [1.807, 2.05) is 18.2 Å². The first-order chi connectivity index (χ1) is 19.3. The van der Waals surface area contributed by atoms with E-state index in [2.05, 4.69) is 27.3 Å². The minimum absolute atomic E-state index is 0.0146. The number of likely N-dealkylation sites (tertiary alicyclic amines) is 1. The monoisotopic (exact) mass is 550 g/mol. The SMILES string of the molecule is COC(=O)NC(=N)c1ccc(-c2ccc(OC)c(C(=O)N[C@H]3CC[C@H](C(=O)OC4CCN(C)CC4)CC3)c2)cc1. The van der Waals surface area contributed by atoms with Gasteiger partial charge in [-0.25, -0.2) is 4.79 Å². The Morgan fingerprint density at radius 2 is 1.55 bits per heavy atom. The van der Waals surface area contributed by atoms with E-state index in [0.717, 1.165) is 37.1 Å². The number of hydrogen-bond donors (Lipinski definition) is 3. The lowest BCUT2D eigenvalue weighted by Gasteiger charge is -2.32. The fraction of sp³-hybridized carbons (Fsp3) is 0.467. The van der Waals surface area contributed by atoms with Gasteiger partial charge in [0.25, 0.3) is 5.91 Å². The average molecular weight is 551 g/mol. The van der Waals surface area contributed by atoms with Gasteiger partial charge in [-0.1, -0.05) is 30.3 Å². The summed E-state index contributed by atoms with van der Waals surface area (Å²) < 4.78 is 15.8. The molecule has 2 amide bonds. The van der Waals surface area contributed by atoms with Gasteiger partial charge in [0.15, 0.2) is 0 Å². The number of hydrogen-bond acceptors (Lipinski definition) is 8. The number of carbonyl (C=O) groups excluding carboxylic acids is 3. The molecule has 1 aliphatic heterocycles. The summed E-state index contributed by atoms with van der Waals surface area (Å²) in [6.45, 7) is 1.90. The molecule has 2 fully saturated rings. The lowest BCUT2D eigenvalue weighted by atomic mass is 9.86. The quantitative estimate of drug-likeness (QED) is 0.270. The Labute approximate surface area is 234 Å². The van der Waals surface area contributed by atoms with Crippen LogP contribution in [0.15, 0.2) is 42.5 Å². The van der Waals surface area contributed by atoms with E-state index in [1.165, 1.54) is 14.2 Å². The number of amides is 2. The lowest BCUT2D eigenvalue weighted by molar-refractivity contribution is -0.157. The van der Waals surface area contributed by atoms with Crippen molar-refractivity contribution in [1.82, 2.24) is 15.5 Å². The second kappa shape index (κ2) is 13.4. The van der Waals surface area contributed by atoms with Crippen molar-refractivity contribution in [2.75, 3.05) is 34.4 Å². The van der Waals surface area contributed by atoms with Crippen LogP contribution in [0.3, 0.4) is 0 Å². The molecule has 1 saturated heterocycles. The van der Waals surface area contributed by atoms with Gasteiger partial charge in [-0.3, -0.25) is 20.3 Å². The van der Waals surface area contributed by atoms with Crippen molar-refractivity contribution in [2.45, 2.75) is 50.7 Å². The summed E-state index contributed by atoms with van der Waals surface area (Å²) in [5.41, 5.74) is 2.60. The number of benzene rings is 2. The molecule has 1 aliphatic carbocycles. The van der Waals surface area contributed by atoms with Crippen molar-refractivity contribution >= 4 is 23.8 Å². The number of rotatable bonds is 7. The topological polar surface area (TPSA) is 130 Å². The zero-order valence-electron chi connectivity index (χ0n) is 23.3. The molecule has 0 spiro atoms. The standard InChI is InChI=1S/C30H38N4O6/c1-34-16-14-24(15-17-34)40-29(36)21-8-11-23(12-9-21)32-28(35)25-18-22(10-13-26(25)38-2)19-4-6-20(7-5-19)27(31)33-30(37)39-3/h4-7,10,13,18,21,23-24H,8-9,11-12,14-17H2,1-3H3,(H,32,35)(H2,31,33,37)/t21-,23-. The number of alkyl carbamates (subject to hydrolysis) is 1. The molecule has 214 valence electrons. The zero-order valence-corrected chi connectivity index (χ0v) is 23.3. The molecule has 2 aromatic carbocycles. The highest BCUT2D eigenvalue weighted by atomic mass is 16.5. The van der Waals surface area contributed by atoms with Crippen molar-refractivity contribution in [2.24, 2.45) is 5.92 Å². The molecular weight excluding hydrogens is 512 g/mol. The fourth-order valence-corrected chi connectivity index (χ4v) is 5.22. The molecule has 2 aromatic rings. The highest BCUT2D eigenvalue weighted by Gasteiger charge is 2.31. The Kier molecular flexibility index (Phi) is 9.76. The van der Waals surface area contributed by atoms with Crippen LogP contribution < -0.4 is 15.4 Å². The van der Waals surface area contributed by atoms with E-state index in [1.54, 1.807) is 24.3 Å². The number of nitrogens with zero attached hydrogens (tertiary/aromatic N) is 1. The summed E-state index contributed by atoms with van der Waals surface area (Å²) in [7, 11) is 4.85. The van der Waals surface area contributed by atoms with E-state index in [0.29, 0.717) is 42.6 Å². The molecule has 1 heterocycles. The molecule has 10 heteroatoms. The van der Waals surface area contributed by atoms with Crippen molar-refractivity contribution < 1.29 is 28.6 Å². The van der Waals surface area contributed by atoms with Gasteiger partial charge in [0.05, 0.1) is 25.7 Å². The van der Waals surface area contributed by atoms with Crippen molar-refractivity contribution in [3.8, 4) is 16.9 Å². The third-order valence-corrected chi connectivity index (χ3v) is 7.71. The predicted molar refractivity (Wildman–Crippen MR) is 151 cm³/mol. The Bertz CT molecular complexity index is 1220. The van der Waals surface area contributed by atoms with E-state index in [-0.39, 0.29) is 35.8 Å². The number of methoxy groups -OCH3 is 2. The van der Waals surface area contributed by atoms with Crippen LogP contribution in [0.2, 0.25) is 0 Å². The van der Waals surface area contributed by atoms with Crippen LogP contribution in [0.1, 0.15) is 54.4 Å². The minimum atomic E-state index is -0.707. The molecule has 0 radical (unpaired) electrons. The van der Waals surface area contributed by atoms with Gasteiger partial charge in [-0.15, -0.1) is 0 Å². The van der Waals surface area contributed by atoms with Crippen LogP contribution in [-0.2, 0) is 14.3 Å². The highest BCUT2D eigenvalue weighted by molar-refractivity contribution is 6.04. The van der Waals surface area contributed by atoms with Crippen LogP contribution in [-0.4, -0.2) is 75.2 Å². The third kappa shape index (κ3) is 7.38. The second-order valence-electron chi connectivity index (χ2n) is 10.4. The molecule has 2 aliphatic rings. The van der Waals surface area contributed by atoms with Crippen LogP contribution in [0.4, 0.5) is 4.79 Å². The number of nitrogens with one attached hydrogen (secondary N) is 3. The molecule has 4 rings (SSSR count). The van der Waals surface area contributed by atoms with E-state index < -0.39 is 6.09 Å². The van der Waals surface area contributed by atoms with Crippen LogP contribution in [0.25, 0.3) is 11.1 Å². The summed E-state index contributed by atoms with van der Waals surface area (Å²) in [5, 5.41) is 13.5. The van der Waals surface area contributed by atoms with Gasteiger partial charge in [0.2, 0.25) is 0 Å². The smallest absolute Gasteiger partial charge is 0.412 e. The van der Waals surface area contributed by atoms with Gasteiger partial charge in [0.1, 0.15) is 17.7 Å². The Balaban J connectivity index is 1.34. The number of amidine groups is 1. The molecule has 0 unspecified atom stereocenters. The number of piperidine rings is 1. The van der Waals surface area contributed by atoms with Crippen LogP contribution >= 0.6 is 0 Å². The first-order valence-corrected chi connectivity index (χ1v) is 13.7. The Morgan fingerprint density at radius 1 is 0.900 bits per heavy atom. The molecule has 0 aromatic heterocycles. The maximum absolute atomic E-state index is 13.3. The van der Waals surface area contributed by atoms with E-state index in [9.17, 15) is 14.4 Å². The van der Waals surface area contributed by atoms with Gasteiger partial charge in [-0.05, 0) is 68.8 Å². The Hall–Kier alpha value is -3.92. The molecular formula is C30H38N4O6. The Morgan fingerprint density at radius 3 is 2.17 bits per heavy atom. The predicted octanol–water partition coefficient (Wildman–Crippen LogP) is 3.97. The summed E-state index contributed by atoms with van der Waals surface area (Å²) in [4.78, 5) is 39.6. The largest absolute Gasteiger partial charge is 0.496 e. The number of carbonyl (C=O) groups is 3. The highest BCUT2D eigenvalue weighted by Crippen LogP contribution is 2.30. The zero-order chi connectivity index (χ0) is 28.6. The van der Waals surface area contributed by atoms with Gasteiger partial charge in [-0.2, -0.15) is 0 Å². The molecule has 3 N–H and O–H groups in total. The first-order valence-electron chi connectivity index (χ1n) is 13.7. The first kappa shape index (κ1) is 29.1. The van der Waals surface area contributed by atoms with Crippen LogP contribution in [0, 0.1) is 11.3 Å². The third-order valence-electron chi connectivity index (χ3n) is 7.71. The van der Waals surface area contributed by atoms with Gasteiger partial charge in [0, 0.05) is 24.7 Å². The number of esters is 1. The average Bonchev–Trinajstić information content (AvgIpc) is 2.98. The molecule has 0 bridgehead atoms. The summed E-state index contributed by atoms with van der Waals surface area (Å²) in [5.74, 6) is -0.0408. The molecule has 10 nitrogen and oxygen atoms in total. The van der Waals surface area contributed by atoms with Crippen molar-refractivity contribution in [3.63, 3.8) is 0 Å². The van der Waals surface area contributed by atoms with E-state index >= 15 is 0 Å². The summed E-state index contributed by atoms with van der Waals surface area (Å²) >= 11 is 0. The molecule has 0 atom stereocenters. The van der Waals surface area contributed by atoms with E-state index in [4.69, 9.17) is 14.9 Å². The van der Waals surface area contributed by atoms with Crippen molar-refractivity contribution in [1.29, 1.82) is 5.41 Å². The molecule has 1 saturated carbocycles. The maximum Gasteiger partial charge on any atom is 0.412 e. The van der Waals surface area contributed by atoms with Gasteiger partial charge < -0.3 is 24.4 Å². The molecule has 40 heavy (non-hydrogen) atoms. The fourth-order valence-electron chi connectivity index (χ4n) is 5.22.